The molecule has 2 nitrogen and oxygen atoms in total. The van der Waals surface area contributed by atoms with Crippen molar-refractivity contribution < 1.29 is 9.13 Å². The van der Waals surface area contributed by atoms with Crippen molar-refractivity contribution >= 4 is 37.4 Å². The average molecular weight is 366 g/mol. The number of rotatable bonds is 3. The van der Waals surface area contributed by atoms with E-state index in [1.807, 2.05) is 23.6 Å². The second-order valence-corrected chi connectivity index (χ2v) is 6.37. The van der Waals surface area contributed by atoms with Crippen LogP contribution in [0.5, 0.6) is 5.75 Å². The van der Waals surface area contributed by atoms with Crippen molar-refractivity contribution in [1.29, 1.82) is 0 Å². The van der Waals surface area contributed by atoms with Crippen molar-refractivity contribution in [2.24, 2.45) is 5.73 Å². The molecule has 21 heavy (non-hydrogen) atoms. The topological polar surface area (TPSA) is 35.2 Å². The van der Waals surface area contributed by atoms with Gasteiger partial charge in [0.25, 0.3) is 0 Å². The van der Waals surface area contributed by atoms with Gasteiger partial charge in [0.1, 0.15) is 11.6 Å². The van der Waals surface area contributed by atoms with E-state index < -0.39 is 6.04 Å². The van der Waals surface area contributed by atoms with Crippen molar-refractivity contribution in [3.05, 3.63) is 63.2 Å². The largest absolute Gasteiger partial charge is 0.496 e. The monoisotopic (exact) mass is 365 g/mol. The van der Waals surface area contributed by atoms with Crippen LogP contribution in [-0.2, 0) is 0 Å². The lowest BCUT2D eigenvalue weighted by molar-refractivity contribution is 0.402. The van der Waals surface area contributed by atoms with Crippen molar-refractivity contribution in [3.8, 4) is 5.75 Å². The highest BCUT2D eigenvalue weighted by Crippen LogP contribution is 2.39. The Balaban J connectivity index is 2.18. The molecule has 0 aliphatic heterocycles. The zero-order chi connectivity index (χ0) is 15.0. The first kappa shape index (κ1) is 14.5. The Morgan fingerprint density at radius 1 is 1.24 bits per heavy atom. The quantitative estimate of drug-likeness (QED) is 0.719. The van der Waals surface area contributed by atoms with Gasteiger partial charge in [0.2, 0.25) is 0 Å². The van der Waals surface area contributed by atoms with Crippen LogP contribution in [0.1, 0.15) is 17.2 Å². The van der Waals surface area contributed by atoms with Gasteiger partial charge in [0, 0.05) is 9.17 Å². The molecule has 2 aromatic carbocycles. The molecule has 0 spiro atoms. The van der Waals surface area contributed by atoms with E-state index in [-0.39, 0.29) is 5.82 Å². The van der Waals surface area contributed by atoms with E-state index in [1.165, 1.54) is 13.2 Å². The van der Waals surface area contributed by atoms with E-state index >= 15 is 0 Å². The molecular weight excluding hydrogens is 353 g/mol. The van der Waals surface area contributed by atoms with E-state index in [9.17, 15) is 4.39 Å². The van der Waals surface area contributed by atoms with Gasteiger partial charge < -0.3 is 10.5 Å². The lowest BCUT2D eigenvalue weighted by atomic mass is 9.97. The third-order valence-corrected chi connectivity index (χ3v) is 5.43. The molecule has 3 rings (SSSR count). The standard InChI is InChI=1S/C16H13BrFNOS/c1-20-13-7-3-6-12(18)14(13)15(19)10-8-21-16-9(10)4-2-5-11(16)17/h2-8,15H,19H2,1H3. The number of thiophene rings is 1. The van der Waals surface area contributed by atoms with Gasteiger partial charge in [-0.1, -0.05) is 18.2 Å². The second-order valence-electron chi connectivity index (χ2n) is 4.64. The van der Waals surface area contributed by atoms with Gasteiger partial charge >= 0.3 is 0 Å². The first-order valence-corrected chi connectivity index (χ1v) is 8.04. The predicted molar refractivity (Wildman–Crippen MR) is 88.5 cm³/mol. The molecule has 1 unspecified atom stereocenters. The fourth-order valence-electron chi connectivity index (χ4n) is 2.44. The Morgan fingerprint density at radius 2 is 2.00 bits per heavy atom. The number of hydrogen-bond donors (Lipinski definition) is 1. The van der Waals surface area contributed by atoms with Crippen LogP contribution in [0.4, 0.5) is 4.39 Å². The van der Waals surface area contributed by atoms with Gasteiger partial charge in [0.15, 0.2) is 0 Å². The fourth-order valence-corrected chi connectivity index (χ4v) is 4.09. The van der Waals surface area contributed by atoms with Gasteiger partial charge in [0.05, 0.1) is 18.7 Å². The first-order chi connectivity index (χ1) is 10.1. The third kappa shape index (κ3) is 2.46. The summed E-state index contributed by atoms with van der Waals surface area (Å²) in [7, 11) is 1.52. The van der Waals surface area contributed by atoms with Crippen molar-refractivity contribution in [1.82, 2.24) is 0 Å². The Bertz CT molecular complexity index is 802. The predicted octanol–water partition coefficient (Wildman–Crippen LogP) is 4.86. The molecule has 0 bridgehead atoms. The lowest BCUT2D eigenvalue weighted by Gasteiger charge is -2.16. The summed E-state index contributed by atoms with van der Waals surface area (Å²) in [5.41, 5.74) is 7.62. The molecule has 5 heteroatoms. The summed E-state index contributed by atoms with van der Waals surface area (Å²) >= 11 is 5.12. The van der Waals surface area contributed by atoms with Gasteiger partial charge in [-0.3, -0.25) is 0 Å². The minimum atomic E-state index is -0.566. The van der Waals surface area contributed by atoms with Gasteiger partial charge in [-0.2, -0.15) is 0 Å². The molecule has 0 aliphatic rings. The summed E-state index contributed by atoms with van der Waals surface area (Å²) in [5.74, 6) is 0.119. The third-order valence-electron chi connectivity index (χ3n) is 3.46. The molecule has 0 saturated heterocycles. The van der Waals surface area contributed by atoms with Crippen LogP contribution in [0.3, 0.4) is 0 Å². The number of nitrogens with two attached hydrogens (primary N) is 1. The van der Waals surface area contributed by atoms with Crippen LogP contribution in [-0.4, -0.2) is 7.11 Å². The number of benzene rings is 2. The molecule has 0 radical (unpaired) electrons. The molecule has 2 N–H and O–H groups in total. The molecule has 0 amide bonds. The first-order valence-electron chi connectivity index (χ1n) is 6.37. The second kappa shape index (κ2) is 5.75. The van der Waals surface area contributed by atoms with Gasteiger partial charge in [-0.25, -0.2) is 4.39 Å². The van der Waals surface area contributed by atoms with Gasteiger partial charge in [-0.15, -0.1) is 11.3 Å². The fraction of sp³-hybridized carbons (Fsp3) is 0.125. The highest BCUT2D eigenvalue weighted by molar-refractivity contribution is 9.10. The molecule has 1 heterocycles. The van der Waals surface area contributed by atoms with E-state index in [2.05, 4.69) is 15.9 Å². The Hall–Kier alpha value is -1.43. The minimum Gasteiger partial charge on any atom is -0.496 e. The Kier molecular flexibility index (Phi) is 3.97. The molecule has 1 atom stereocenters. The van der Waals surface area contributed by atoms with Crippen molar-refractivity contribution in [2.45, 2.75) is 6.04 Å². The zero-order valence-corrected chi connectivity index (χ0v) is 13.7. The molecule has 3 aromatic rings. The number of fused-ring (bicyclic) bond motifs is 1. The summed E-state index contributed by atoms with van der Waals surface area (Å²) < 4.78 is 21.6. The van der Waals surface area contributed by atoms with Crippen LogP contribution in [0, 0.1) is 5.82 Å². The smallest absolute Gasteiger partial charge is 0.132 e. The van der Waals surface area contributed by atoms with E-state index in [4.69, 9.17) is 10.5 Å². The number of hydrogen-bond acceptors (Lipinski definition) is 3. The SMILES string of the molecule is COc1cccc(F)c1C(N)c1csc2c(Br)cccc12. The van der Waals surface area contributed by atoms with Crippen molar-refractivity contribution in [2.75, 3.05) is 7.11 Å². The van der Waals surface area contributed by atoms with Crippen molar-refractivity contribution in [3.63, 3.8) is 0 Å². The van der Waals surface area contributed by atoms with Gasteiger partial charge in [-0.05, 0) is 50.5 Å². The summed E-state index contributed by atoms with van der Waals surface area (Å²) in [6.07, 6.45) is 0. The number of methoxy groups -OCH3 is 1. The van der Waals surface area contributed by atoms with Crippen LogP contribution in [0.25, 0.3) is 10.1 Å². The highest BCUT2D eigenvalue weighted by atomic mass is 79.9. The zero-order valence-electron chi connectivity index (χ0n) is 11.3. The molecule has 1 aromatic heterocycles. The summed E-state index contributed by atoms with van der Waals surface area (Å²) in [5, 5.41) is 3.01. The summed E-state index contributed by atoms with van der Waals surface area (Å²) in [6, 6.07) is 10.1. The average Bonchev–Trinajstić information content (AvgIpc) is 2.91. The normalized spacial score (nSPS) is 12.6. The van der Waals surface area contributed by atoms with Crippen LogP contribution >= 0.6 is 27.3 Å². The number of halogens is 2. The van der Waals surface area contributed by atoms with E-state index in [0.29, 0.717) is 11.3 Å². The van der Waals surface area contributed by atoms with Crippen LogP contribution in [0.2, 0.25) is 0 Å². The van der Waals surface area contributed by atoms with E-state index in [0.717, 1.165) is 20.1 Å². The maximum Gasteiger partial charge on any atom is 0.132 e. The minimum absolute atomic E-state index is 0.351. The lowest BCUT2D eigenvalue weighted by Crippen LogP contribution is -2.14. The van der Waals surface area contributed by atoms with E-state index in [1.54, 1.807) is 23.5 Å². The molecule has 0 fully saturated rings. The maximum atomic E-state index is 14.2. The van der Waals surface area contributed by atoms with Crippen LogP contribution < -0.4 is 10.5 Å². The van der Waals surface area contributed by atoms with Crippen LogP contribution in [0.15, 0.2) is 46.3 Å². The summed E-state index contributed by atoms with van der Waals surface area (Å²) in [6.45, 7) is 0. The molecule has 108 valence electrons. The highest BCUT2D eigenvalue weighted by Gasteiger charge is 2.21. The maximum absolute atomic E-state index is 14.2. The molecule has 0 aliphatic carbocycles. The number of ether oxygens (including phenoxy) is 1. The molecular formula is C16H13BrFNOS. The Labute approximate surface area is 134 Å². The Morgan fingerprint density at radius 3 is 2.76 bits per heavy atom. The molecule has 0 saturated carbocycles. The summed E-state index contributed by atoms with van der Waals surface area (Å²) in [4.78, 5) is 0.